The van der Waals surface area contributed by atoms with E-state index in [0.29, 0.717) is 13.1 Å². The average molecular weight is 282 g/mol. The minimum atomic E-state index is -0.495. The number of nitrogens with zero attached hydrogens (tertiary/aromatic N) is 2. The number of hydrogen-bond acceptors (Lipinski definition) is 4. The fourth-order valence-corrected chi connectivity index (χ4v) is 1.19. The zero-order valence-corrected chi connectivity index (χ0v) is 13.1. The monoisotopic (exact) mass is 282 g/mol. The number of likely N-dealkylation sites (N-methyl/N-ethyl adjacent to an activating group) is 2. The summed E-state index contributed by atoms with van der Waals surface area (Å²) < 4.78 is 5.26. The molecule has 0 unspecified atom stereocenters. The Hall–Kier alpha value is -1.98. The summed E-state index contributed by atoms with van der Waals surface area (Å²) in [5, 5.41) is 7.10. The van der Waals surface area contributed by atoms with Gasteiger partial charge in [0.1, 0.15) is 11.4 Å². The van der Waals surface area contributed by atoms with Gasteiger partial charge in [-0.2, -0.15) is 0 Å². The molecule has 0 aromatic heterocycles. The maximum absolute atomic E-state index is 11.8. The molecular weight excluding hydrogens is 256 g/mol. The van der Waals surface area contributed by atoms with Gasteiger partial charge in [0, 0.05) is 32.9 Å². The minimum Gasteiger partial charge on any atom is -0.444 e. The van der Waals surface area contributed by atoms with Crippen LogP contribution in [0.25, 0.3) is 0 Å². The molecule has 0 rings (SSSR count). The van der Waals surface area contributed by atoms with E-state index in [1.807, 2.05) is 32.7 Å². The van der Waals surface area contributed by atoms with Crippen LogP contribution in [-0.2, 0) is 4.74 Å². The molecule has 0 aliphatic carbocycles. The van der Waals surface area contributed by atoms with Crippen LogP contribution in [0.2, 0.25) is 0 Å². The normalized spacial score (nSPS) is 11.2. The molecule has 114 valence electrons. The Balaban J connectivity index is 4.24. The maximum Gasteiger partial charge on any atom is 0.410 e. The van der Waals surface area contributed by atoms with E-state index in [1.165, 1.54) is 11.0 Å². The molecule has 0 spiro atoms. The standard InChI is InChI=1S/C14H26N4O2/c1-11(7-8-12(15)16)17(5)9-10-18(6)13(19)20-14(2,3)4/h7-8H,1,9-10H2,2-6H3,(H3,15,16)/b8-7-. The molecule has 6 nitrogen and oxygen atoms in total. The summed E-state index contributed by atoms with van der Waals surface area (Å²) >= 11 is 0. The predicted molar refractivity (Wildman–Crippen MR) is 81.7 cm³/mol. The summed E-state index contributed by atoms with van der Waals surface area (Å²) in [7, 11) is 3.55. The largest absolute Gasteiger partial charge is 0.444 e. The first-order valence-corrected chi connectivity index (χ1v) is 6.39. The molecular formula is C14H26N4O2. The van der Waals surface area contributed by atoms with Crippen molar-refractivity contribution < 1.29 is 9.53 Å². The van der Waals surface area contributed by atoms with Crippen molar-refractivity contribution >= 4 is 11.9 Å². The van der Waals surface area contributed by atoms with Crippen molar-refractivity contribution in [3.05, 3.63) is 24.4 Å². The third-order valence-corrected chi connectivity index (χ3v) is 2.42. The Morgan fingerprint density at radius 3 is 2.20 bits per heavy atom. The number of ether oxygens (including phenoxy) is 1. The first-order chi connectivity index (χ1) is 9.03. The van der Waals surface area contributed by atoms with Crippen LogP contribution in [-0.4, -0.2) is 54.5 Å². The number of rotatable bonds is 6. The van der Waals surface area contributed by atoms with Gasteiger partial charge in [-0.25, -0.2) is 4.79 Å². The molecule has 20 heavy (non-hydrogen) atoms. The fraction of sp³-hybridized carbons (Fsp3) is 0.571. The lowest BCUT2D eigenvalue weighted by atomic mass is 10.2. The number of nitrogens with two attached hydrogens (primary N) is 1. The van der Waals surface area contributed by atoms with Gasteiger partial charge in [-0.1, -0.05) is 6.58 Å². The summed E-state index contributed by atoms with van der Waals surface area (Å²) in [5.74, 6) is -0.0228. The first kappa shape index (κ1) is 18.0. The van der Waals surface area contributed by atoms with Crippen molar-refractivity contribution in [2.75, 3.05) is 27.2 Å². The predicted octanol–water partition coefficient (Wildman–Crippen LogP) is 1.79. The minimum absolute atomic E-state index is 0.0228. The topological polar surface area (TPSA) is 82.7 Å². The molecule has 0 bridgehead atoms. The van der Waals surface area contributed by atoms with Gasteiger partial charge in [-0.05, 0) is 32.9 Å². The van der Waals surface area contributed by atoms with Crippen LogP contribution < -0.4 is 5.73 Å². The summed E-state index contributed by atoms with van der Waals surface area (Å²) in [5.41, 5.74) is 5.45. The van der Waals surface area contributed by atoms with Crippen molar-refractivity contribution in [3.63, 3.8) is 0 Å². The average Bonchev–Trinajstić information content (AvgIpc) is 2.30. The smallest absolute Gasteiger partial charge is 0.410 e. The molecule has 0 heterocycles. The highest BCUT2D eigenvalue weighted by atomic mass is 16.6. The van der Waals surface area contributed by atoms with Crippen molar-refractivity contribution in [2.45, 2.75) is 26.4 Å². The molecule has 0 atom stereocenters. The van der Waals surface area contributed by atoms with Gasteiger partial charge in [0.05, 0.1) is 0 Å². The lowest BCUT2D eigenvalue weighted by Crippen LogP contribution is -2.38. The van der Waals surface area contributed by atoms with E-state index in [4.69, 9.17) is 15.9 Å². The summed E-state index contributed by atoms with van der Waals surface area (Å²) in [4.78, 5) is 15.2. The van der Waals surface area contributed by atoms with Gasteiger partial charge in [-0.3, -0.25) is 5.41 Å². The second-order valence-electron chi connectivity index (χ2n) is 5.60. The van der Waals surface area contributed by atoms with Crippen molar-refractivity contribution in [1.82, 2.24) is 9.80 Å². The number of nitrogens with one attached hydrogen (secondary N) is 1. The van der Waals surface area contributed by atoms with Gasteiger partial charge in [0.25, 0.3) is 0 Å². The van der Waals surface area contributed by atoms with Gasteiger partial charge < -0.3 is 20.3 Å². The molecule has 1 amide bonds. The summed E-state index contributed by atoms with van der Waals surface area (Å²) in [6.07, 6.45) is 2.78. The van der Waals surface area contributed by atoms with Gasteiger partial charge in [0.15, 0.2) is 0 Å². The number of allylic oxidation sites excluding steroid dienone is 1. The third kappa shape index (κ3) is 8.18. The molecule has 0 saturated heterocycles. The van der Waals surface area contributed by atoms with Gasteiger partial charge >= 0.3 is 6.09 Å². The zero-order valence-electron chi connectivity index (χ0n) is 13.1. The van der Waals surface area contributed by atoms with Crippen LogP contribution in [0.1, 0.15) is 20.8 Å². The van der Waals surface area contributed by atoms with Gasteiger partial charge in [-0.15, -0.1) is 0 Å². The van der Waals surface area contributed by atoms with Crippen LogP contribution in [0.4, 0.5) is 4.79 Å². The Bertz CT molecular complexity index is 396. The van der Waals surface area contributed by atoms with Crippen molar-refractivity contribution in [3.8, 4) is 0 Å². The molecule has 6 heteroatoms. The fourth-order valence-electron chi connectivity index (χ4n) is 1.19. The van der Waals surface area contributed by atoms with E-state index in [1.54, 1.807) is 13.1 Å². The van der Waals surface area contributed by atoms with Crippen molar-refractivity contribution in [1.29, 1.82) is 5.41 Å². The highest BCUT2D eigenvalue weighted by molar-refractivity contribution is 5.88. The Kier molecular flexibility index (Phi) is 6.82. The molecule has 3 N–H and O–H groups in total. The van der Waals surface area contributed by atoms with E-state index < -0.39 is 5.60 Å². The quantitative estimate of drug-likeness (QED) is 0.442. The van der Waals surface area contributed by atoms with Crippen LogP contribution in [0.15, 0.2) is 24.4 Å². The summed E-state index contributed by atoms with van der Waals surface area (Å²) in [6.45, 7) is 10.5. The van der Waals surface area contributed by atoms with Crippen LogP contribution >= 0.6 is 0 Å². The number of carbonyl (C=O) groups is 1. The number of amidine groups is 1. The Morgan fingerprint density at radius 1 is 1.25 bits per heavy atom. The van der Waals surface area contributed by atoms with Crippen LogP contribution in [0.5, 0.6) is 0 Å². The zero-order chi connectivity index (χ0) is 15.9. The SMILES string of the molecule is C=C(/C=C\C(=N)N)N(C)CCN(C)C(=O)OC(C)(C)C. The molecule has 0 radical (unpaired) electrons. The molecule has 0 aromatic carbocycles. The van der Waals surface area contributed by atoms with Gasteiger partial charge in [0.2, 0.25) is 0 Å². The Morgan fingerprint density at radius 2 is 1.75 bits per heavy atom. The number of carbonyl (C=O) groups excluding carboxylic acids is 1. The highest BCUT2D eigenvalue weighted by Gasteiger charge is 2.19. The van der Waals surface area contributed by atoms with Crippen molar-refractivity contribution in [2.24, 2.45) is 5.73 Å². The number of hydrogen-bond donors (Lipinski definition) is 2. The molecule has 0 aliphatic rings. The van der Waals surface area contributed by atoms with E-state index in [9.17, 15) is 4.79 Å². The second-order valence-corrected chi connectivity index (χ2v) is 5.60. The van der Waals surface area contributed by atoms with E-state index in [-0.39, 0.29) is 11.9 Å². The van der Waals surface area contributed by atoms with E-state index in [0.717, 1.165) is 5.70 Å². The van der Waals surface area contributed by atoms with Crippen LogP contribution in [0.3, 0.4) is 0 Å². The van der Waals surface area contributed by atoms with E-state index in [2.05, 4.69) is 6.58 Å². The second kappa shape index (κ2) is 7.57. The third-order valence-electron chi connectivity index (χ3n) is 2.42. The molecule has 0 saturated carbocycles. The Labute approximate surface area is 121 Å². The lowest BCUT2D eigenvalue weighted by Gasteiger charge is -2.27. The molecule has 0 fully saturated rings. The van der Waals surface area contributed by atoms with E-state index >= 15 is 0 Å². The number of amides is 1. The molecule has 0 aromatic rings. The first-order valence-electron chi connectivity index (χ1n) is 6.39. The lowest BCUT2D eigenvalue weighted by molar-refractivity contribution is 0.0291. The maximum atomic E-state index is 11.8. The highest BCUT2D eigenvalue weighted by Crippen LogP contribution is 2.09. The van der Waals surface area contributed by atoms with Crippen LogP contribution in [0, 0.1) is 5.41 Å². The molecule has 0 aliphatic heterocycles. The summed E-state index contributed by atoms with van der Waals surface area (Å²) in [6, 6.07) is 0.